The first-order valence-corrected chi connectivity index (χ1v) is 8.95. The van der Waals surface area contributed by atoms with E-state index in [1.54, 1.807) is 39.5 Å². The van der Waals surface area contributed by atoms with Gasteiger partial charge in [-0.3, -0.25) is 4.79 Å². The van der Waals surface area contributed by atoms with Crippen molar-refractivity contribution in [3.8, 4) is 17.2 Å². The summed E-state index contributed by atoms with van der Waals surface area (Å²) in [5.74, 6) is 1.80. The molecule has 0 saturated heterocycles. The first-order valence-electron chi connectivity index (χ1n) is 8.57. The number of anilines is 1. The van der Waals surface area contributed by atoms with Crippen LogP contribution in [0.2, 0.25) is 5.02 Å². The summed E-state index contributed by atoms with van der Waals surface area (Å²) in [6.07, 6.45) is 0. The summed E-state index contributed by atoms with van der Waals surface area (Å²) in [6.45, 7) is 2.53. The summed E-state index contributed by atoms with van der Waals surface area (Å²) in [5.41, 5.74) is 1.60. The van der Waals surface area contributed by atoms with Gasteiger partial charge >= 0.3 is 0 Å². The monoisotopic (exact) mass is 393 g/mol. The van der Waals surface area contributed by atoms with Crippen LogP contribution in [-0.2, 0) is 11.3 Å². The Kier molecular flexibility index (Phi) is 7.33. The maximum absolute atomic E-state index is 12.7. The lowest BCUT2D eigenvalue weighted by molar-refractivity contribution is -0.907. The van der Waals surface area contributed by atoms with Crippen molar-refractivity contribution in [1.29, 1.82) is 0 Å². The van der Waals surface area contributed by atoms with E-state index in [-0.39, 0.29) is 11.9 Å². The Morgan fingerprint density at radius 3 is 2.30 bits per heavy atom. The number of carbonyl (C=O) groups excluding carboxylic acids is 1. The molecular weight excluding hydrogens is 368 g/mol. The Morgan fingerprint density at radius 1 is 1.04 bits per heavy atom. The van der Waals surface area contributed by atoms with Gasteiger partial charge in [0, 0.05) is 10.6 Å². The fraction of sp³-hybridized carbons (Fsp3) is 0.350. The van der Waals surface area contributed by atoms with Crippen LogP contribution < -0.4 is 24.4 Å². The van der Waals surface area contributed by atoms with Crippen molar-refractivity contribution in [3.05, 3.63) is 47.0 Å². The van der Waals surface area contributed by atoms with Crippen molar-refractivity contribution in [2.75, 3.05) is 33.7 Å². The van der Waals surface area contributed by atoms with Crippen LogP contribution in [0.5, 0.6) is 17.2 Å². The summed E-state index contributed by atoms with van der Waals surface area (Å²) in [5, 5.41) is 3.43. The van der Waals surface area contributed by atoms with Gasteiger partial charge in [-0.2, -0.15) is 0 Å². The molecule has 0 aliphatic heterocycles. The largest absolute Gasteiger partial charge is 0.495 e. The molecule has 1 amide bonds. The fourth-order valence-electron chi connectivity index (χ4n) is 2.71. The zero-order valence-corrected chi connectivity index (χ0v) is 17.0. The average Bonchev–Trinajstić information content (AvgIpc) is 2.67. The van der Waals surface area contributed by atoms with Crippen LogP contribution in [0.25, 0.3) is 0 Å². The number of hydrogen-bond donors (Lipinski definition) is 2. The minimum Gasteiger partial charge on any atom is -0.495 e. The molecule has 0 fully saturated rings. The molecule has 0 aromatic heterocycles. The molecule has 2 aromatic carbocycles. The highest BCUT2D eigenvalue weighted by Crippen LogP contribution is 2.28. The van der Waals surface area contributed by atoms with Gasteiger partial charge in [0.15, 0.2) is 17.5 Å². The lowest BCUT2D eigenvalue weighted by Gasteiger charge is -2.22. The van der Waals surface area contributed by atoms with Crippen LogP contribution in [0.3, 0.4) is 0 Å². The highest BCUT2D eigenvalue weighted by atomic mass is 35.5. The van der Waals surface area contributed by atoms with Gasteiger partial charge in [0.25, 0.3) is 5.91 Å². The summed E-state index contributed by atoms with van der Waals surface area (Å²) in [4.78, 5) is 13.7. The number of rotatable bonds is 8. The van der Waals surface area contributed by atoms with Crippen molar-refractivity contribution >= 4 is 23.2 Å². The van der Waals surface area contributed by atoms with E-state index in [0.717, 1.165) is 10.5 Å². The van der Waals surface area contributed by atoms with Gasteiger partial charge in [0.1, 0.15) is 12.3 Å². The van der Waals surface area contributed by atoms with Crippen molar-refractivity contribution in [3.63, 3.8) is 0 Å². The molecule has 0 saturated carbocycles. The summed E-state index contributed by atoms with van der Waals surface area (Å²) in [6, 6.07) is 10.6. The first-order chi connectivity index (χ1) is 12.9. The number of likely N-dealkylation sites (N-methyl/N-ethyl adjacent to an activating group) is 1. The third kappa shape index (κ3) is 5.28. The van der Waals surface area contributed by atoms with Gasteiger partial charge in [0.2, 0.25) is 0 Å². The minimum atomic E-state index is -0.290. The number of amides is 1. The summed E-state index contributed by atoms with van der Waals surface area (Å²) >= 11 is 6.03. The third-order valence-electron chi connectivity index (χ3n) is 4.48. The molecule has 0 spiro atoms. The Labute approximate surface area is 165 Å². The molecule has 2 aromatic rings. The quantitative estimate of drug-likeness (QED) is 0.723. The molecular formula is C20H26ClN2O4+. The first kappa shape index (κ1) is 20.9. The standard InChI is InChI=1S/C20H25ClN2O4/c1-13(20(24)22-16-11-15(21)7-9-17(16)25-3)23(2)12-14-6-8-18(26-4)19(10-14)27-5/h6-11,13H,12H2,1-5H3,(H,22,24)/p+1/t13-/m0/s1. The van der Waals surface area contributed by atoms with Crippen LogP contribution in [0.4, 0.5) is 5.69 Å². The molecule has 2 atom stereocenters. The number of nitrogens with one attached hydrogen (secondary N) is 2. The molecule has 0 heterocycles. The molecule has 2 N–H and O–H groups in total. The molecule has 0 bridgehead atoms. The van der Waals surface area contributed by atoms with Crippen molar-refractivity contribution in [1.82, 2.24) is 0 Å². The molecule has 2 rings (SSSR count). The Morgan fingerprint density at radius 2 is 1.67 bits per heavy atom. The van der Waals surface area contributed by atoms with Crippen LogP contribution in [0.1, 0.15) is 12.5 Å². The van der Waals surface area contributed by atoms with Crippen molar-refractivity contribution < 1.29 is 23.9 Å². The minimum absolute atomic E-state index is 0.117. The summed E-state index contributed by atoms with van der Waals surface area (Å²) in [7, 11) is 6.73. The highest BCUT2D eigenvalue weighted by Gasteiger charge is 2.23. The zero-order chi connectivity index (χ0) is 20.0. The normalized spacial score (nSPS) is 12.8. The smallest absolute Gasteiger partial charge is 0.282 e. The van der Waals surface area contributed by atoms with Crippen LogP contribution in [0.15, 0.2) is 36.4 Å². The second kappa shape index (κ2) is 9.48. The van der Waals surface area contributed by atoms with Crippen LogP contribution >= 0.6 is 11.6 Å². The fourth-order valence-corrected chi connectivity index (χ4v) is 2.88. The number of hydrogen-bond acceptors (Lipinski definition) is 4. The molecule has 7 heteroatoms. The van der Waals surface area contributed by atoms with E-state index in [0.29, 0.717) is 34.5 Å². The van der Waals surface area contributed by atoms with Gasteiger partial charge in [-0.1, -0.05) is 11.6 Å². The second-order valence-corrected chi connectivity index (χ2v) is 6.70. The Bertz CT molecular complexity index is 798. The second-order valence-electron chi connectivity index (χ2n) is 6.27. The molecule has 0 aliphatic carbocycles. The number of quaternary nitrogens is 1. The predicted octanol–water partition coefficient (Wildman–Crippen LogP) is 2.41. The maximum Gasteiger partial charge on any atom is 0.282 e. The molecule has 27 heavy (non-hydrogen) atoms. The molecule has 0 aliphatic rings. The zero-order valence-electron chi connectivity index (χ0n) is 16.3. The Hall–Kier alpha value is -2.44. The van der Waals surface area contributed by atoms with Crippen molar-refractivity contribution in [2.24, 2.45) is 0 Å². The van der Waals surface area contributed by atoms with Crippen molar-refractivity contribution in [2.45, 2.75) is 19.5 Å². The van der Waals surface area contributed by atoms with E-state index in [9.17, 15) is 4.79 Å². The number of carbonyl (C=O) groups is 1. The number of halogens is 1. The van der Waals surface area contributed by atoms with Gasteiger partial charge in [-0.15, -0.1) is 0 Å². The average molecular weight is 394 g/mol. The SMILES string of the molecule is COc1ccc(Cl)cc1NC(=O)[C@H](C)[NH+](C)Cc1ccc(OC)c(OC)c1. The van der Waals surface area contributed by atoms with E-state index in [1.807, 2.05) is 32.2 Å². The van der Waals surface area contributed by atoms with Crippen LogP contribution in [0, 0.1) is 0 Å². The van der Waals surface area contributed by atoms with E-state index >= 15 is 0 Å². The van der Waals surface area contributed by atoms with E-state index in [1.165, 1.54) is 0 Å². The van der Waals surface area contributed by atoms with E-state index < -0.39 is 0 Å². The molecule has 1 unspecified atom stereocenters. The highest BCUT2D eigenvalue weighted by molar-refractivity contribution is 6.31. The maximum atomic E-state index is 12.7. The van der Waals surface area contributed by atoms with Gasteiger partial charge < -0.3 is 24.4 Å². The number of benzene rings is 2. The lowest BCUT2D eigenvalue weighted by atomic mass is 10.1. The topological polar surface area (TPSA) is 61.2 Å². The third-order valence-corrected chi connectivity index (χ3v) is 4.72. The lowest BCUT2D eigenvalue weighted by Crippen LogP contribution is -3.12. The van der Waals surface area contributed by atoms with Crippen LogP contribution in [-0.4, -0.2) is 40.3 Å². The molecule has 146 valence electrons. The molecule has 0 radical (unpaired) electrons. The Balaban J connectivity index is 2.07. The van der Waals surface area contributed by atoms with E-state index in [4.69, 9.17) is 25.8 Å². The predicted molar refractivity (Wildman–Crippen MR) is 106 cm³/mol. The van der Waals surface area contributed by atoms with E-state index in [2.05, 4.69) is 5.32 Å². The van der Waals surface area contributed by atoms with Gasteiger partial charge in [-0.25, -0.2) is 0 Å². The molecule has 6 nitrogen and oxygen atoms in total. The summed E-state index contributed by atoms with van der Waals surface area (Å²) < 4.78 is 15.9. The number of methoxy groups -OCH3 is 3. The number of ether oxygens (including phenoxy) is 3. The van der Waals surface area contributed by atoms with Gasteiger partial charge in [-0.05, 0) is 43.3 Å². The van der Waals surface area contributed by atoms with Gasteiger partial charge in [0.05, 0.1) is 34.1 Å².